The highest BCUT2D eigenvalue weighted by Crippen LogP contribution is 2.30. The van der Waals surface area contributed by atoms with Gasteiger partial charge in [-0.2, -0.15) is 5.26 Å². The van der Waals surface area contributed by atoms with Crippen LogP contribution in [0.5, 0.6) is 0 Å². The summed E-state index contributed by atoms with van der Waals surface area (Å²) in [6, 6.07) is 16.1. The van der Waals surface area contributed by atoms with Crippen molar-refractivity contribution in [2.75, 3.05) is 42.6 Å². The molecule has 0 saturated carbocycles. The van der Waals surface area contributed by atoms with E-state index in [9.17, 15) is 10.1 Å². The minimum absolute atomic E-state index is 0.286. The van der Waals surface area contributed by atoms with Gasteiger partial charge in [0.25, 0.3) is 0 Å². The van der Waals surface area contributed by atoms with E-state index in [4.69, 9.17) is 14.7 Å². The number of hydrogen-bond donors (Lipinski definition) is 0. The summed E-state index contributed by atoms with van der Waals surface area (Å²) in [6.45, 7) is 11.8. The van der Waals surface area contributed by atoms with Crippen LogP contribution < -0.4 is 9.80 Å². The number of nitriles is 1. The third-order valence-electron chi connectivity index (χ3n) is 7.33. The molecule has 188 valence electrons. The Kier molecular flexibility index (Phi) is 8.04. The van der Waals surface area contributed by atoms with Crippen LogP contribution in [0.25, 0.3) is 11.0 Å². The van der Waals surface area contributed by atoms with Crippen LogP contribution in [0.15, 0.2) is 42.5 Å². The molecule has 0 amide bonds. The zero-order chi connectivity index (χ0) is 25.7. The molecule has 0 bridgehead atoms. The summed E-state index contributed by atoms with van der Waals surface area (Å²) in [7, 11) is 0. The monoisotopic (exact) mass is 485 g/mol. The van der Waals surface area contributed by atoms with Gasteiger partial charge in [0.05, 0.1) is 23.7 Å². The molecule has 0 N–H and O–H groups in total. The first-order chi connectivity index (χ1) is 17.5. The van der Waals surface area contributed by atoms with Gasteiger partial charge in [0, 0.05) is 31.9 Å². The first-order valence-electron chi connectivity index (χ1n) is 12.9. The number of para-hydroxylation sites is 2. The van der Waals surface area contributed by atoms with Crippen molar-refractivity contribution in [1.29, 1.82) is 5.26 Å². The van der Waals surface area contributed by atoms with Crippen molar-refractivity contribution >= 4 is 28.5 Å². The maximum atomic E-state index is 13.0. The van der Waals surface area contributed by atoms with Crippen molar-refractivity contribution < 1.29 is 9.53 Å². The summed E-state index contributed by atoms with van der Waals surface area (Å²) in [5.74, 6) is -0.790. The van der Waals surface area contributed by atoms with Crippen molar-refractivity contribution in [1.82, 2.24) is 9.97 Å². The van der Waals surface area contributed by atoms with Gasteiger partial charge in [0.1, 0.15) is 5.69 Å². The van der Waals surface area contributed by atoms with Crippen molar-refractivity contribution in [3.63, 3.8) is 0 Å². The summed E-state index contributed by atoms with van der Waals surface area (Å²) in [4.78, 5) is 27.2. The molecular formula is C29H35N5O2. The van der Waals surface area contributed by atoms with Gasteiger partial charge in [-0.25, -0.2) is 9.97 Å². The Morgan fingerprint density at radius 3 is 2.25 bits per heavy atom. The lowest BCUT2D eigenvalue weighted by molar-refractivity contribution is -0.145. The Labute approximate surface area is 213 Å². The van der Waals surface area contributed by atoms with Gasteiger partial charge >= 0.3 is 5.97 Å². The number of esters is 1. The fourth-order valence-electron chi connectivity index (χ4n) is 4.70. The van der Waals surface area contributed by atoms with Crippen molar-refractivity contribution in [3.05, 3.63) is 59.3 Å². The highest BCUT2D eigenvalue weighted by atomic mass is 16.5. The number of carbonyl (C=O) groups is 1. The molecule has 1 aliphatic heterocycles. The van der Waals surface area contributed by atoms with E-state index < -0.39 is 11.9 Å². The van der Waals surface area contributed by atoms with Crippen LogP contribution in [0.2, 0.25) is 0 Å². The molecule has 3 aromatic rings. The van der Waals surface area contributed by atoms with Crippen molar-refractivity contribution in [2.24, 2.45) is 5.92 Å². The predicted molar refractivity (Wildman–Crippen MR) is 143 cm³/mol. The number of anilines is 2. The summed E-state index contributed by atoms with van der Waals surface area (Å²) in [5, 5.41) is 10.0. The molecule has 4 rings (SSSR count). The van der Waals surface area contributed by atoms with Crippen LogP contribution in [-0.2, 0) is 9.53 Å². The molecule has 2 aromatic carbocycles. The normalized spacial score (nSPS) is 14.7. The van der Waals surface area contributed by atoms with Gasteiger partial charge in [-0.3, -0.25) is 4.79 Å². The van der Waals surface area contributed by atoms with Gasteiger partial charge in [-0.15, -0.1) is 0 Å². The number of ether oxygens (including phenoxy) is 1. The van der Waals surface area contributed by atoms with Crippen LogP contribution in [0.3, 0.4) is 0 Å². The summed E-state index contributed by atoms with van der Waals surface area (Å²) >= 11 is 0. The fraction of sp³-hybridized carbons (Fsp3) is 0.448. The van der Waals surface area contributed by atoms with E-state index >= 15 is 0 Å². The van der Waals surface area contributed by atoms with Crippen molar-refractivity contribution in [3.8, 4) is 6.07 Å². The zero-order valence-electron chi connectivity index (χ0n) is 21.7. The molecule has 1 aliphatic rings. The minimum Gasteiger partial charge on any atom is -0.464 e. The molecule has 0 aliphatic carbocycles. The van der Waals surface area contributed by atoms with Crippen LogP contribution >= 0.6 is 0 Å². The summed E-state index contributed by atoms with van der Waals surface area (Å²) < 4.78 is 5.59. The molecule has 0 radical (unpaired) electrons. The zero-order valence-corrected chi connectivity index (χ0v) is 21.7. The maximum absolute atomic E-state index is 13.0. The SMILES string of the molecule is CCC(CC)COC(=O)[C@H](C#N)c1nc2ccccc2nc1N1CCN(c2cccc(C)c2C)CC1. The van der Waals surface area contributed by atoms with Gasteiger partial charge in [0.2, 0.25) is 0 Å². The summed E-state index contributed by atoms with van der Waals surface area (Å²) in [6.07, 6.45) is 1.85. The number of benzene rings is 2. The van der Waals surface area contributed by atoms with E-state index in [1.807, 2.05) is 24.3 Å². The Hall–Kier alpha value is -3.66. The van der Waals surface area contributed by atoms with E-state index in [2.05, 4.69) is 61.8 Å². The number of hydrogen-bond acceptors (Lipinski definition) is 7. The predicted octanol–water partition coefficient (Wildman–Crippen LogP) is 5.16. The average Bonchev–Trinajstić information content (AvgIpc) is 2.91. The fourth-order valence-corrected chi connectivity index (χ4v) is 4.70. The standard InChI is InChI=1S/C29H35N5O2/c1-5-22(6-2)19-36-29(35)23(18-30)27-28(32-25-12-8-7-11-24(25)31-27)34-16-14-33(15-17-34)26-13-9-10-20(3)21(26)4/h7-13,22-23H,5-6,14-17,19H2,1-4H3/t23-/m1/s1. The lowest BCUT2D eigenvalue weighted by Crippen LogP contribution is -2.47. The minimum atomic E-state index is -1.12. The second-order valence-electron chi connectivity index (χ2n) is 9.49. The summed E-state index contributed by atoms with van der Waals surface area (Å²) in [5.41, 5.74) is 5.61. The Bertz CT molecular complexity index is 1260. The van der Waals surface area contributed by atoms with E-state index in [-0.39, 0.29) is 5.92 Å². The topological polar surface area (TPSA) is 82.3 Å². The van der Waals surface area contributed by atoms with Gasteiger partial charge in [-0.1, -0.05) is 51.0 Å². The van der Waals surface area contributed by atoms with E-state index in [0.717, 1.165) is 31.4 Å². The quantitative estimate of drug-likeness (QED) is 0.408. The smallest absolute Gasteiger partial charge is 0.329 e. The number of piperazine rings is 1. The number of carbonyl (C=O) groups excluding carboxylic acids is 1. The molecule has 1 atom stereocenters. The molecule has 7 nitrogen and oxygen atoms in total. The number of fused-ring (bicyclic) bond motifs is 1. The first kappa shape index (κ1) is 25.4. The van der Waals surface area contributed by atoms with E-state index in [0.29, 0.717) is 36.7 Å². The molecule has 1 aromatic heterocycles. The molecule has 2 heterocycles. The van der Waals surface area contributed by atoms with Gasteiger partial charge in [0.15, 0.2) is 11.7 Å². The molecular weight excluding hydrogens is 450 g/mol. The maximum Gasteiger partial charge on any atom is 0.329 e. The van der Waals surface area contributed by atoms with Crippen LogP contribution in [0.1, 0.15) is 49.4 Å². The molecule has 1 saturated heterocycles. The molecule has 0 unspecified atom stereocenters. The van der Waals surface area contributed by atoms with Gasteiger partial charge < -0.3 is 14.5 Å². The third kappa shape index (κ3) is 5.28. The number of aryl methyl sites for hydroxylation is 1. The number of aromatic nitrogens is 2. The average molecular weight is 486 g/mol. The highest BCUT2D eigenvalue weighted by molar-refractivity contribution is 5.85. The Balaban J connectivity index is 1.62. The molecule has 36 heavy (non-hydrogen) atoms. The van der Waals surface area contributed by atoms with Gasteiger partial charge in [-0.05, 0) is 49.1 Å². The lowest BCUT2D eigenvalue weighted by Gasteiger charge is -2.38. The second kappa shape index (κ2) is 11.4. The second-order valence-corrected chi connectivity index (χ2v) is 9.49. The number of rotatable bonds is 8. The van der Waals surface area contributed by atoms with E-state index in [1.165, 1.54) is 16.8 Å². The molecule has 0 spiro atoms. The van der Waals surface area contributed by atoms with Crippen LogP contribution in [-0.4, -0.2) is 48.7 Å². The Morgan fingerprint density at radius 2 is 1.61 bits per heavy atom. The van der Waals surface area contributed by atoms with Crippen molar-refractivity contribution in [2.45, 2.75) is 46.5 Å². The third-order valence-corrected chi connectivity index (χ3v) is 7.33. The largest absolute Gasteiger partial charge is 0.464 e. The lowest BCUT2D eigenvalue weighted by atomic mass is 10.0. The molecule has 7 heteroatoms. The molecule has 1 fully saturated rings. The van der Waals surface area contributed by atoms with E-state index in [1.54, 1.807) is 0 Å². The van der Waals surface area contributed by atoms with Crippen LogP contribution in [0, 0.1) is 31.1 Å². The highest BCUT2D eigenvalue weighted by Gasteiger charge is 2.32. The Morgan fingerprint density at radius 1 is 0.972 bits per heavy atom. The first-order valence-corrected chi connectivity index (χ1v) is 12.9. The van der Waals surface area contributed by atoms with Crippen LogP contribution in [0.4, 0.5) is 11.5 Å². The number of nitrogens with zero attached hydrogens (tertiary/aromatic N) is 5.